The van der Waals surface area contributed by atoms with E-state index in [1.54, 1.807) is 4.90 Å². The van der Waals surface area contributed by atoms with E-state index in [1.807, 2.05) is 7.05 Å². The fourth-order valence-electron chi connectivity index (χ4n) is 1.54. The second-order valence-corrected chi connectivity index (χ2v) is 3.83. The number of carbonyl (C=O) groups is 2. The SMILES string of the molecule is CN1CCN(C(=O)C(N)CC(=O)O)CC1. The number of hydrogen-bond donors (Lipinski definition) is 2. The quantitative estimate of drug-likeness (QED) is 0.602. The summed E-state index contributed by atoms with van der Waals surface area (Å²) in [5.41, 5.74) is 5.50. The van der Waals surface area contributed by atoms with Gasteiger partial charge in [0.05, 0.1) is 12.5 Å². The van der Waals surface area contributed by atoms with Crippen molar-refractivity contribution in [3.8, 4) is 0 Å². The van der Waals surface area contributed by atoms with Crippen molar-refractivity contribution in [2.24, 2.45) is 5.73 Å². The predicted octanol–water partition coefficient (Wildman–Crippen LogP) is -1.44. The maximum Gasteiger partial charge on any atom is 0.305 e. The number of amides is 1. The van der Waals surface area contributed by atoms with Gasteiger partial charge in [-0.15, -0.1) is 0 Å². The molecule has 6 nitrogen and oxygen atoms in total. The zero-order valence-corrected chi connectivity index (χ0v) is 8.85. The summed E-state index contributed by atoms with van der Waals surface area (Å²) in [6.45, 7) is 2.88. The van der Waals surface area contributed by atoms with E-state index in [0.29, 0.717) is 13.1 Å². The lowest BCUT2D eigenvalue weighted by Crippen LogP contribution is -2.52. The molecule has 1 aliphatic rings. The number of nitrogens with zero attached hydrogens (tertiary/aromatic N) is 2. The van der Waals surface area contributed by atoms with Crippen molar-refractivity contribution in [3.05, 3.63) is 0 Å². The molecule has 3 N–H and O–H groups in total. The average molecular weight is 215 g/mol. The molecule has 0 aromatic heterocycles. The highest BCUT2D eigenvalue weighted by Crippen LogP contribution is 2.03. The molecule has 1 unspecified atom stereocenters. The van der Waals surface area contributed by atoms with Gasteiger partial charge in [-0.25, -0.2) is 0 Å². The summed E-state index contributed by atoms with van der Waals surface area (Å²) in [4.78, 5) is 25.8. The van der Waals surface area contributed by atoms with Gasteiger partial charge in [0.15, 0.2) is 0 Å². The van der Waals surface area contributed by atoms with Crippen LogP contribution in [-0.2, 0) is 9.59 Å². The summed E-state index contributed by atoms with van der Waals surface area (Å²) in [5.74, 6) is -1.30. The molecule has 0 aliphatic carbocycles. The van der Waals surface area contributed by atoms with Crippen molar-refractivity contribution in [2.45, 2.75) is 12.5 Å². The highest BCUT2D eigenvalue weighted by Gasteiger charge is 2.25. The molecule has 6 heteroatoms. The van der Waals surface area contributed by atoms with Crippen molar-refractivity contribution in [1.29, 1.82) is 0 Å². The van der Waals surface area contributed by atoms with E-state index < -0.39 is 12.0 Å². The summed E-state index contributed by atoms with van der Waals surface area (Å²) in [6.07, 6.45) is -0.300. The molecule has 1 atom stereocenters. The lowest BCUT2D eigenvalue weighted by Gasteiger charge is -2.33. The second kappa shape index (κ2) is 5.09. The summed E-state index contributed by atoms with van der Waals surface area (Å²) in [7, 11) is 1.99. The molecule has 1 fully saturated rings. The first kappa shape index (κ1) is 11.9. The van der Waals surface area contributed by atoms with Gasteiger partial charge in [0.1, 0.15) is 0 Å². The molecule has 0 spiro atoms. The van der Waals surface area contributed by atoms with Gasteiger partial charge in [0.25, 0.3) is 0 Å². The van der Waals surface area contributed by atoms with Crippen LogP contribution in [0.2, 0.25) is 0 Å². The molecular formula is C9H17N3O3. The van der Waals surface area contributed by atoms with Crippen LogP contribution in [0.5, 0.6) is 0 Å². The predicted molar refractivity (Wildman–Crippen MR) is 54.3 cm³/mol. The minimum Gasteiger partial charge on any atom is -0.481 e. The molecule has 1 saturated heterocycles. The van der Waals surface area contributed by atoms with Gasteiger partial charge in [-0.3, -0.25) is 9.59 Å². The lowest BCUT2D eigenvalue weighted by atomic mass is 10.2. The Balaban J connectivity index is 2.42. The van der Waals surface area contributed by atoms with Gasteiger partial charge in [-0.1, -0.05) is 0 Å². The van der Waals surface area contributed by atoms with E-state index in [4.69, 9.17) is 10.8 Å². The van der Waals surface area contributed by atoms with E-state index >= 15 is 0 Å². The molecule has 1 aliphatic heterocycles. The monoisotopic (exact) mass is 215 g/mol. The minimum absolute atomic E-state index is 0.259. The van der Waals surface area contributed by atoms with Crippen LogP contribution >= 0.6 is 0 Å². The van der Waals surface area contributed by atoms with Crippen LogP contribution in [0, 0.1) is 0 Å². The van der Waals surface area contributed by atoms with Crippen LogP contribution < -0.4 is 5.73 Å². The molecule has 1 heterocycles. The first-order valence-corrected chi connectivity index (χ1v) is 4.95. The third kappa shape index (κ3) is 3.49. The molecule has 0 bridgehead atoms. The van der Waals surface area contributed by atoms with Crippen LogP contribution in [0.25, 0.3) is 0 Å². The third-order valence-corrected chi connectivity index (χ3v) is 2.53. The van der Waals surface area contributed by atoms with Gasteiger partial charge in [-0.2, -0.15) is 0 Å². The Morgan fingerprint density at radius 2 is 1.87 bits per heavy atom. The van der Waals surface area contributed by atoms with Gasteiger partial charge < -0.3 is 20.6 Å². The molecule has 15 heavy (non-hydrogen) atoms. The Hall–Kier alpha value is -1.14. The molecule has 1 rings (SSSR count). The van der Waals surface area contributed by atoms with Crippen molar-refractivity contribution >= 4 is 11.9 Å². The van der Waals surface area contributed by atoms with Crippen LogP contribution in [0.15, 0.2) is 0 Å². The molecule has 86 valence electrons. The maximum atomic E-state index is 11.7. The smallest absolute Gasteiger partial charge is 0.305 e. The van der Waals surface area contributed by atoms with Crippen molar-refractivity contribution < 1.29 is 14.7 Å². The molecule has 0 aromatic carbocycles. The van der Waals surface area contributed by atoms with Crippen LogP contribution in [0.3, 0.4) is 0 Å². The van der Waals surface area contributed by atoms with Gasteiger partial charge >= 0.3 is 5.97 Å². The zero-order valence-electron chi connectivity index (χ0n) is 8.85. The zero-order chi connectivity index (χ0) is 11.4. The van der Waals surface area contributed by atoms with Crippen molar-refractivity contribution in [2.75, 3.05) is 33.2 Å². The second-order valence-electron chi connectivity index (χ2n) is 3.83. The molecule has 1 amide bonds. The fraction of sp³-hybridized carbons (Fsp3) is 0.778. The molecule has 0 radical (unpaired) electrons. The average Bonchev–Trinajstić information content (AvgIpc) is 2.17. The number of rotatable bonds is 3. The van der Waals surface area contributed by atoms with E-state index in [1.165, 1.54) is 0 Å². The van der Waals surface area contributed by atoms with Crippen LogP contribution in [-0.4, -0.2) is 66.1 Å². The lowest BCUT2D eigenvalue weighted by molar-refractivity contribution is -0.142. The Kier molecular flexibility index (Phi) is 4.05. The van der Waals surface area contributed by atoms with E-state index in [-0.39, 0.29) is 12.3 Å². The standard InChI is InChI=1S/C9H17N3O3/c1-11-2-4-12(5-3-11)9(15)7(10)6-8(13)14/h7H,2-6,10H2,1H3,(H,13,14). The normalized spacial score (nSPS) is 20.0. The fourth-order valence-corrected chi connectivity index (χ4v) is 1.54. The van der Waals surface area contributed by atoms with Crippen molar-refractivity contribution in [3.63, 3.8) is 0 Å². The highest BCUT2D eigenvalue weighted by atomic mass is 16.4. The number of aliphatic carboxylic acids is 1. The molecule has 0 saturated carbocycles. The summed E-state index contributed by atoms with van der Waals surface area (Å²) >= 11 is 0. The maximum absolute atomic E-state index is 11.7. The summed E-state index contributed by atoms with van der Waals surface area (Å²) in [5, 5.41) is 8.51. The number of hydrogen-bond acceptors (Lipinski definition) is 4. The number of piperazine rings is 1. The van der Waals surface area contributed by atoms with E-state index in [0.717, 1.165) is 13.1 Å². The van der Waals surface area contributed by atoms with Gasteiger partial charge in [0, 0.05) is 26.2 Å². The number of nitrogens with two attached hydrogens (primary N) is 1. The Morgan fingerprint density at radius 1 is 1.33 bits per heavy atom. The van der Waals surface area contributed by atoms with Crippen LogP contribution in [0.1, 0.15) is 6.42 Å². The topological polar surface area (TPSA) is 86.9 Å². The number of likely N-dealkylation sites (N-methyl/N-ethyl adjacent to an activating group) is 1. The van der Waals surface area contributed by atoms with E-state index in [2.05, 4.69) is 4.90 Å². The molecular weight excluding hydrogens is 198 g/mol. The summed E-state index contributed by atoms with van der Waals surface area (Å²) in [6, 6.07) is -0.911. The third-order valence-electron chi connectivity index (χ3n) is 2.53. The number of carboxylic acid groups (broad SMARTS) is 1. The van der Waals surface area contributed by atoms with E-state index in [9.17, 15) is 9.59 Å². The van der Waals surface area contributed by atoms with Gasteiger partial charge in [-0.05, 0) is 7.05 Å². The Morgan fingerprint density at radius 3 is 2.33 bits per heavy atom. The number of carbonyl (C=O) groups excluding carboxylic acids is 1. The minimum atomic E-state index is -1.04. The van der Waals surface area contributed by atoms with Gasteiger partial charge in [0.2, 0.25) is 5.91 Å². The Labute approximate surface area is 88.6 Å². The van der Waals surface area contributed by atoms with Crippen molar-refractivity contribution in [1.82, 2.24) is 9.80 Å². The molecule has 0 aromatic rings. The largest absolute Gasteiger partial charge is 0.481 e. The number of carboxylic acids is 1. The first-order chi connectivity index (χ1) is 7.00. The first-order valence-electron chi connectivity index (χ1n) is 4.95. The highest BCUT2D eigenvalue weighted by molar-refractivity contribution is 5.86. The van der Waals surface area contributed by atoms with Crippen LogP contribution in [0.4, 0.5) is 0 Å². The Bertz CT molecular complexity index is 249. The summed E-state index contributed by atoms with van der Waals surface area (Å²) < 4.78 is 0.